The number of ether oxygens (including phenoxy) is 2. The van der Waals surface area contributed by atoms with Crippen molar-refractivity contribution in [2.45, 2.75) is 12.5 Å². The molecular formula is C36H36N4O6. The van der Waals surface area contributed by atoms with E-state index in [-0.39, 0.29) is 46.2 Å². The molecule has 236 valence electrons. The number of nitrogens with one attached hydrogen (secondary N) is 2. The number of phenols is 2. The summed E-state index contributed by atoms with van der Waals surface area (Å²) in [4.78, 5) is 32.4. The van der Waals surface area contributed by atoms with Crippen LogP contribution in [0, 0.1) is 0 Å². The number of fused-ring (bicyclic) bond motifs is 2. The van der Waals surface area contributed by atoms with E-state index < -0.39 is 11.6 Å². The highest BCUT2D eigenvalue weighted by Crippen LogP contribution is 2.42. The highest BCUT2D eigenvalue weighted by molar-refractivity contribution is 6.33. The topological polar surface area (TPSA) is 124 Å². The van der Waals surface area contributed by atoms with E-state index in [0.717, 1.165) is 24.2 Å². The van der Waals surface area contributed by atoms with Crippen LogP contribution in [0.25, 0.3) is 0 Å². The number of nitrogens with zero attached hydrogens (tertiary/aromatic N) is 2. The second kappa shape index (κ2) is 12.9. The molecule has 0 amide bonds. The summed E-state index contributed by atoms with van der Waals surface area (Å²) in [5.41, 5.74) is 3.11. The number of rotatable bonds is 10. The maximum absolute atomic E-state index is 14.0. The van der Waals surface area contributed by atoms with Crippen molar-refractivity contribution >= 4 is 22.9 Å². The van der Waals surface area contributed by atoms with Crippen molar-refractivity contribution in [1.82, 2.24) is 9.80 Å². The molecule has 1 aliphatic carbocycles. The third-order valence-electron chi connectivity index (χ3n) is 8.85. The zero-order valence-electron chi connectivity index (χ0n) is 25.3. The summed E-state index contributed by atoms with van der Waals surface area (Å²) < 4.78 is 12.0. The molecule has 2 unspecified atom stereocenters. The van der Waals surface area contributed by atoms with Crippen molar-refractivity contribution < 1.29 is 29.3 Å². The van der Waals surface area contributed by atoms with Crippen molar-refractivity contribution in [2.24, 2.45) is 0 Å². The van der Waals surface area contributed by atoms with Gasteiger partial charge in [0.1, 0.15) is 24.0 Å². The van der Waals surface area contributed by atoms with Gasteiger partial charge in [0.2, 0.25) is 11.6 Å². The molecule has 4 aromatic rings. The van der Waals surface area contributed by atoms with Gasteiger partial charge in [0.15, 0.2) is 0 Å². The van der Waals surface area contributed by atoms with Crippen LogP contribution >= 0.6 is 0 Å². The number of carbonyl (C=O) groups is 2. The standard InChI is InChI=1S/C36H36N4O6/c41-27-13-14-28(42)32-31(27)33(43)29-25(37-15-17-39-19-21-45-35(39)23-7-3-1-4-8-23)11-12-26(30(29)34(32)44)38-16-18-40-20-22-46-36(40)24-9-5-2-6-10-24/h1-14,35-38,41-42H,15-22H2. The first kappa shape index (κ1) is 29.9. The summed E-state index contributed by atoms with van der Waals surface area (Å²) in [6.07, 6.45) is -0.304. The van der Waals surface area contributed by atoms with E-state index in [0.29, 0.717) is 50.8 Å². The predicted molar refractivity (Wildman–Crippen MR) is 173 cm³/mol. The second-order valence-electron chi connectivity index (χ2n) is 11.6. The Kier molecular flexibility index (Phi) is 8.42. The Morgan fingerprint density at radius 2 is 1.00 bits per heavy atom. The Morgan fingerprint density at radius 3 is 1.41 bits per heavy atom. The fourth-order valence-corrected chi connectivity index (χ4v) is 6.64. The largest absolute Gasteiger partial charge is 0.507 e. The molecule has 2 aliphatic heterocycles. The van der Waals surface area contributed by atoms with Crippen LogP contribution in [0.3, 0.4) is 0 Å². The first-order valence-electron chi connectivity index (χ1n) is 15.6. The molecule has 2 heterocycles. The van der Waals surface area contributed by atoms with Crippen LogP contribution in [-0.4, -0.2) is 84.1 Å². The van der Waals surface area contributed by atoms with Gasteiger partial charge in [0.25, 0.3) is 0 Å². The van der Waals surface area contributed by atoms with E-state index in [1.807, 2.05) is 60.7 Å². The number of anilines is 2. The van der Waals surface area contributed by atoms with Crippen LogP contribution in [-0.2, 0) is 9.47 Å². The fraction of sp³-hybridized carbons (Fsp3) is 0.278. The van der Waals surface area contributed by atoms with E-state index in [2.05, 4.69) is 20.4 Å². The molecule has 0 bridgehead atoms. The number of phenolic OH excluding ortho intramolecular Hbond substituents is 2. The normalized spacial score (nSPS) is 19.7. The molecule has 4 aromatic carbocycles. The number of ketones is 2. The molecular weight excluding hydrogens is 584 g/mol. The zero-order chi connectivity index (χ0) is 31.6. The highest BCUT2D eigenvalue weighted by atomic mass is 16.5. The summed E-state index contributed by atoms with van der Waals surface area (Å²) in [7, 11) is 0. The number of aromatic hydroxyl groups is 2. The summed E-state index contributed by atoms with van der Waals surface area (Å²) >= 11 is 0. The number of benzene rings is 4. The predicted octanol–water partition coefficient (Wildman–Crippen LogP) is 4.76. The van der Waals surface area contributed by atoms with Gasteiger partial charge in [-0.2, -0.15) is 0 Å². The molecule has 0 spiro atoms. The lowest BCUT2D eigenvalue weighted by Gasteiger charge is -2.27. The molecule has 0 saturated carbocycles. The Bertz CT molecular complexity index is 1620. The van der Waals surface area contributed by atoms with Gasteiger partial charge in [-0.3, -0.25) is 19.4 Å². The molecule has 3 aliphatic rings. The van der Waals surface area contributed by atoms with Crippen molar-refractivity contribution in [3.63, 3.8) is 0 Å². The van der Waals surface area contributed by atoms with E-state index >= 15 is 0 Å². The van der Waals surface area contributed by atoms with Crippen LogP contribution in [0.5, 0.6) is 11.5 Å². The van der Waals surface area contributed by atoms with Gasteiger partial charge in [-0.1, -0.05) is 60.7 Å². The van der Waals surface area contributed by atoms with Crippen molar-refractivity contribution in [3.05, 3.63) is 118 Å². The lowest BCUT2D eigenvalue weighted by Crippen LogP contribution is -2.31. The molecule has 0 aromatic heterocycles. The van der Waals surface area contributed by atoms with E-state index in [1.54, 1.807) is 12.1 Å². The van der Waals surface area contributed by atoms with Gasteiger partial charge in [-0.05, 0) is 35.4 Å². The van der Waals surface area contributed by atoms with Gasteiger partial charge >= 0.3 is 0 Å². The van der Waals surface area contributed by atoms with Crippen molar-refractivity contribution in [2.75, 3.05) is 63.1 Å². The van der Waals surface area contributed by atoms with Gasteiger partial charge < -0.3 is 30.3 Å². The monoisotopic (exact) mass is 620 g/mol. The molecule has 0 radical (unpaired) electrons. The third-order valence-corrected chi connectivity index (χ3v) is 8.85. The average Bonchev–Trinajstić information content (AvgIpc) is 3.76. The van der Waals surface area contributed by atoms with Crippen LogP contribution in [0.4, 0.5) is 11.4 Å². The first-order chi connectivity index (χ1) is 22.5. The summed E-state index contributed by atoms with van der Waals surface area (Å²) in [6.45, 7) is 5.04. The van der Waals surface area contributed by atoms with E-state index in [9.17, 15) is 19.8 Å². The average molecular weight is 621 g/mol. The van der Waals surface area contributed by atoms with Crippen molar-refractivity contribution in [1.29, 1.82) is 0 Å². The molecule has 2 saturated heterocycles. The quantitative estimate of drug-likeness (QED) is 0.163. The summed E-state index contributed by atoms with van der Waals surface area (Å²) in [5, 5.41) is 28.0. The van der Waals surface area contributed by atoms with Crippen LogP contribution in [0.1, 0.15) is 55.4 Å². The van der Waals surface area contributed by atoms with Gasteiger partial charge in [-0.25, -0.2) is 0 Å². The molecule has 7 rings (SSSR count). The van der Waals surface area contributed by atoms with Gasteiger partial charge in [-0.15, -0.1) is 0 Å². The minimum Gasteiger partial charge on any atom is -0.507 e. The van der Waals surface area contributed by atoms with Crippen LogP contribution < -0.4 is 10.6 Å². The fourth-order valence-electron chi connectivity index (χ4n) is 6.64. The minimum atomic E-state index is -0.520. The maximum atomic E-state index is 14.0. The zero-order valence-corrected chi connectivity index (χ0v) is 25.3. The Morgan fingerprint density at radius 1 is 0.587 bits per heavy atom. The smallest absolute Gasteiger partial charge is 0.200 e. The first-order valence-corrected chi connectivity index (χ1v) is 15.6. The second-order valence-corrected chi connectivity index (χ2v) is 11.6. The third kappa shape index (κ3) is 5.60. The number of hydrogen-bond acceptors (Lipinski definition) is 10. The van der Waals surface area contributed by atoms with Crippen molar-refractivity contribution in [3.8, 4) is 11.5 Å². The Hall–Kier alpha value is -4.74. The number of hydrogen-bond donors (Lipinski definition) is 4. The molecule has 10 heteroatoms. The van der Waals surface area contributed by atoms with E-state index in [1.165, 1.54) is 12.1 Å². The minimum absolute atomic E-state index is 0.152. The molecule has 46 heavy (non-hydrogen) atoms. The van der Waals surface area contributed by atoms with E-state index in [4.69, 9.17) is 9.47 Å². The number of carbonyl (C=O) groups excluding carboxylic acids is 2. The Balaban J connectivity index is 1.13. The van der Waals surface area contributed by atoms with Gasteiger partial charge in [0.05, 0.1) is 35.5 Å². The highest BCUT2D eigenvalue weighted by Gasteiger charge is 2.38. The lowest BCUT2D eigenvalue weighted by atomic mass is 9.81. The summed E-state index contributed by atoms with van der Waals surface area (Å²) in [6, 6.07) is 26.1. The molecule has 4 N–H and O–H groups in total. The van der Waals surface area contributed by atoms with Crippen LogP contribution in [0.2, 0.25) is 0 Å². The SMILES string of the molecule is O=C1c2c(O)ccc(O)c2C(=O)c2c(NCCN3CCOC3c3ccccc3)ccc(NCCN3CCOC3c3ccccc3)c21. The molecule has 10 nitrogen and oxygen atoms in total. The van der Waals surface area contributed by atoms with Crippen LogP contribution in [0.15, 0.2) is 84.9 Å². The van der Waals surface area contributed by atoms with Gasteiger partial charge in [0, 0.05) is 50.6 Å². The molecule has 2 fully saturated rings. The maximum Gasteiger partial charge on any atom is 0.200 e. The Labute approximate surface area is 267 Å². The summed E-state index contributed by atoms with van der Waals surface area (Å²) in [5.74, 6) is -1.73. The molecule has 2 atom stereocenters. The lowest BCUT2D eigenvalue weighted by molar-refractivity contribution is 0.0346.